The van der Waals surface area contributed by atoms with E-state index in [9.17, 15) is 4.79 Å². The molecular formula is C20H19N3O2. The molecule has 0 saturated carbocycles. The largest absolute Gasteiger partial charge is 0.461 e. The number of amides is 1. The summed E-state index contributed by atoms with van der Waals surface area (Å²) in [7, 11) is 1.86. The molecule has 126 valence electrons. The van der Waals surface area contributed by atoms with E-state index in [4.69, 9.17) is 4.42 Å². The van der Waals surface area contributed by atoms with Crippen LogP contribution in [0.2, 0.25) is 0 Å². The molecule has 0 fully saturated rings. The fourth-order valence-electron chi connectivity index (χ4n) is 3.13. The molecule has 5 nitrogen and oxygen atoms in total. The quantitative estimate of drug-likeness (QED) is 0.619. The molecule has 4 aromatic rings. The number of furan rings is 1. The predicted octanol–water partition coefficient (Wildman–Crippen LogP) is 3.74. The third-order valence-corrected chi connectivity index (χ3v) is 4.41. The number of aryl methyl sites for hydroxylation is 1. The van der Waals surface area contributed by atoms with Crippen LogP contribution >= 0.6 is 0 Å². The summed E-state index contributed by atoms with van der Waals surface area (Å²) in [6, 6.07) is 14.0. The van der Waals surface area contributed by atoms with Gasteiger partial charge in [0.15, 0.2) is 0 Å². The van der Waals surface area contributed by atoms with E-state index in [2.05, 4.69) is 22.5 Å². The molecule has 2 aromatic heterocycles. The average molecular weight is 333 g/mol. The number of hydrogen-bond donors (Lipinski definition) is 1. The predicted molar refractivity (Wildman–Crippen MR) is 97.2 cm³/mol. The second-order valence-corrected chi connectivity index (χ2v) is 6.32. The number of rotatable bonds is 4. The second kappa shape index (κ2) is 6.09. The molecule has 0 spiro atoms. The number of carbonyl (C=O) groups is 1. The summed E-state index contributed by atoms with van der Waals surface area (Å²) in [6.07, 6.45) is 3.88. The van der Waals surface area contributed by atoms with E-state index in [-0.39, 0.29) is 18.4 Å². The first-order valence-electron chi connectivity index (χ1n) is 8.28. The van der Waals surface area contributed by atoms with Gasteiger partial charge in [0.1, 0.15) is 11.3 Å². The van der Waals surface area contributed by atoms with Gasteiger partial charge in [-0.3, -0.25) is 9.48 Å². The molecule has 0 bridgehead atoms. The summed E-state index contributed by atoms with van der Waals surface area (Å²) in [5, 5.41) is 10.5. The van der Waals surface area contributed by atoms with E-state index in [1.807, 2.05) is 50.5 Å². The Balaban J connectivity index is 1.54. The normalized spacial score (nSPS) is 12.6. The van der Waals surface area contributed by atoms with E-state index >= 15 is 0 Å². The van der Waals surface area contributed by atoms with E-state index in [1.54, 1.807) is 10.9 Å². The van der Waals surface area contributed by atoms with Gasteiger partial charge in [0.2, 0.25) is 5.91 Å². The number of fused-ring (bicyclic) bond motifs is 3. The lowest BCUT2D eigenvalue weighted by Gasteiger charge is -2.11. The van der Waals surface area contributed by atoms with Gasteiger partial charge in [0.05, 0.1) is 18.7 Å². The fraction of sp³-hybridized carbons (Fsp3) is 0.200. The first kappa shape index (κ1) is 15.4. The standard InChI is InChI=1S/C20H19N3O2/c1-13(15-11-21-23(2)12-15)22-20(24)10-16-9-18-17-6-4-3-5-14(17)7-8-19(18)25-16/h3-9,11-13H,10H2,1-2H3,(H,22,24). The molecular weight excluding hydrogens is 314 g/mol. The van der Waals surface area contributed by atoms with Gasteiger partial charge in [0.25, 0.3) is 0 Å². The number of benzene rings is 2. The molecule has 0 aliphatic rings. The molecule has 1 atom stereocenters. The molecule has 0 radical (unpaired) electrons. The molecule has 4 rings (SSSR count). The maximum absolute atomic E-state index is 12.3. The Labute approximate surface area is 145 Å². The van der Waals surface area contributed by atoms with Crippen LogP contribution in [0.1, 0.15) is 24.3 Å². The molecule has 0 aliphatic carbocycles. The van der Waals surface area contributed by atoms with Gasteiger partial charge in [-0.2, -0.15) is 5.10 Å². The number of carbonyl (C=O) groups excluding carboxylic acids is 1. The van der Waals surface area contributed by atoms with E-state index in [0.29, 0.717) is 5.76 Å². The molecule has 1 N–H and O–H groups in total. The molecule has 25 heavy (non-hydrogen) atoms. The average Bonchev–Trinajstić information content (AvgIpc) is 3.20. The Bertz CT molecular complexity index is 1060. The van der Waals surface area contributed by atoms with Crippen LogP contribution in [0.25, 0.3) is 21.7 Å². The fourth-order valence-corrected chi connectivity index (χ4v) is 3.13. The van der Waals surface area contributed by atoms with Crippen LogP contribution in [0.3, 0.4) is 0 Å². The second-order valence-electron chi connectivity index (χ2n) is 6.32. The summed E-state index contributed by atoms with van der Waals surface area (Å²) >= 11 is 0. The molecule has 5 heteroatoms. The Morgan fingerprint density at radius 1 is 1.24 bits per heavy atom. The number of hydrogen-bond acceptors (Lipinski definition) is 3. The van der Waals surface area contributed by atoms with Crippen molar-refractivity contribution < 1.29 is 9.21 Å². The van der Waals surface area contributed by atoms with E-state index in [1.165, 1.54) is 0 Å². The highest BCUT2D eigenvalue weighted by Gasteiger charge is 2.14. The van der Waals surface area contributed by atoms with Crippen LogP contribution in [-0.2, 0) is 18.3 Å². The molecule has 2 heterocycles. The first-order chi connectivity index (χ1) is 12.1. The van der Waals surface area contributed by atoms with Gasteiger partial charge in [-0.05, 0) is 29.8 Å². The van der Waals surface area contributed by atoms with Gasteiger partial charge >= 0.3 is 0 Å². The smallest absolute Gasteiger partial charge is 0.228 e. The Hall–Kier alpha value is -3.08. The summed E-state index contributed by atoms with van der Waals surface area (Å²) < 4.78 is 7.59. The lowest BCUT2D eigenvalue weighted by atomic mass is 10.1. The zero-order valence-corrected chi connectivity index (χ0v) is 14.2. The van der Waals surface area contributed by atoms with E-state index in [0.717, 1.165) is 27.3 Å². The van der Waals surface area contributed by atoms with Crippen molar-refractivity contribution in [2.75, 3.05) is 0 Å². The summed E-state index contributed by atoms with van der Waals surface area (Å²) in [5.41, 5.74) is 1.79. The maximum atomic E-state index is 12.3. The first-order valence-corrected chi connectivity index (χ1v) is 8.28. The highest BCUT2D eigenvalue weighted by atomic mass is 16.3. The summed E-state index contributed by atoms with van der Waals surface area (Å²) in [5.74, 6) is 0.599. The molecule has 2 aromatic carbocycles. The maximum Gasteiger partial charge on any atom is 0.228 e. The van der Waals surface area contributed by atoms with Gasteiger partial charge in [-0.15, -0.1) is 0 Å². The van der Waals surface area contributed by atoms with Crippen molar-refractivity contribution in [2.24, 2.45) is 7.05 Å². The minimum atomic E-state index is -0.0913. The van der Waals surface area contributed by atoms with Crippen molar-refractivity contribution in [1.82, 2.24) is 15.1 Å². The molecule has 1 unspecified atom stereocenters. The number of aromatic nitrogens is 2. The van der Waals surface area contributed by atoms with Crippen LogP contribution in [0.5, 0.6) is 0 Å². The summed E-state index contributed by atoms with van der Waals surface area (Å²) in [4.78, 5) is 12.3. The Morgan fingerprint density at radius 2 is 2.08 bits per heavy atom. The Morgan fingerprint density at radius 3 is 2.88 bits per heavy atom. The van der Waals surface area contributed by atoms with Crippen LogP contribution < -0.4 is 5.32 Å². The van der Waals surface area contributed by atoms with Crippen molar-refractivity contribution in [3.8, 4) is 0 Å². The minimum absolute atomic E-state index is 0.0697. The highest BCUT2D eigenvalue weighted by Crippen LogP contribution is 2.28. The van der Waals surface area contributed by atoms with Crippen molar-refractivity contribution >= 4 is 27.6 Å². The van der Waals surface area contributed by atoms with Gasteiger partial charge < -0.3 is 9.73 Å². The van der Waals surface area contributed by atoms with Gasteiger partial charge in [0, 0.05) is 24.2 Å². The van der Waals surface area contributed by atoms with Crippen molar-refractivity contribution in [3.63, 3.8) is 0 Å². The molecule has 1 amide bonds. The molecule has 0 saturated heterocycles. The van der Waals surface area contributed by atoms with Crippen LogP contribution in [-0.4, -0.2) is 15.7 Å². The van der Waals surface area contributed by atoms with E-state index < -0.39 is 0 Å². The van der Waals surface area contributed by atoms with Crippen LogP contribution in [0.15, 0.2) is 59.3 Å². The third-order valence-electron chi connectivity index (χ3n) is 4.41. The summed E-state index contributed by atoms with van der Waals surface area (Å²) in [6.45, 7) is 1.95. The van der Waals surface area contributed by atoms with Gasteiger partial charge in [-0.1, -0.05) is 30.3 Å². The van der Waals surface area contributed by atoms with Crippen molar-refractivity contribution in [1.29, 1.82) is 0 Å². The topological polar surface area (TPSA) is 60.1 Å². The zero-order chi connectivity index (χ0) is 17.4. The third kappa shape index (κ3) is 3.01. The Kier molecular flexibility index (Phi) is 3.76. The van der Waals surface area contributed by atoms with Crippen molar-refractivity contribution in [3.05, 3.63) is 66.2 Å². The van der Waals surface area contributed by atoms with Crippen molar-refractivity contribution in [2.45, 2.75) is 19.4 Å². The highest BCUT2D eigenvalue weighted by molar-refractivity contribution is 6.06. The van der Waals surface area contributed by atoms with Crippen LogP contribution in [0, 0.1) is 0 Å². The van der Waals surface area contributed by atoms with Gasteiger partial charge in [-0.25, -0.2) is 0 Å². The lowest BCUT2D eigenvalue weighted by molar-refractivity contribution is -0.121. The number of nitrogens with zero attached hydrogens (tertiary/aromatic N) is 2. The lowest BCUT2D eigenvalue weighted by Crippen LogP contribution is -2.27. The number of nitrogens with one attached hydrogen (secondary N) is 1. The minimum Gasteiger partial charge on any atom is -0.461 e. The SMILES string of the molecule is CC(NC(=O)Cc1cc2c(ccc3ccccc32)o1)c1cnn(C)c1. The van der Waals surface area contributed by atoms with Crippen LogP contribution in [0.4, 0.5) is 0 Å². The molecule has 0 aliphatic heterocycles. The zero-order valence-electron chi connectivity index (χ0n) is 14.2. The monoisotopic (exact) mass is 333 g/mol.